The van der Waals surface area contributed by atoms with Gasteiger partial charge in [-0.15, -0.1) is 0 Å². The molecular formula is C12H20N4O. The summed E-state index contributed by atoms with van der Waals surface area (Å²) in [6.07, 6.45) is 5.62. The molecular weight excluding hydrogens is 216 g/mol. The van der Waals surface area contributed by atoms with Crippen molar-refractivity contribution in [2.45, 2.75) is 18.9 Å². The van der Waals surface area contributed by atoms with Crippen molar-refractivity contribution in [1.82, 2.24) is 14.9 Å². The Hall–Kier alpha value is -1.20. The Morgan fingerprint density at radius 2 is 2.24 bits per heavy atom. The van der Waals surface area contributed by atoms with Crippen molar-refractivity contribution in [3.63, 3.8) is 0 Å². The Labute approximate surface area is 102 Å². The first kappa shape index (κ1) is 12.3. The predicted molar refractivity (Wildman–Crippen MR) is 67.0 cm³/mol. The number of aliphatic hydroxyl groups is 1. The van der Waals surface area contributed by atoms with Gasteiger partial charge in [-0.2, -0.15) is 0 Å². The van der Waals surface area contributed by atoms with Gasteiger partial charge in [0, 0.05) is 38.9 Å². The van der Waals surface area contributed by atoms with Crippen molar-refractivity contribution in [1.29, 1.82) is 0 Å². The number of β-amino-alcohol motifs (C(OH)–C–C–N with tert-alkyl or cyclic N) is 1. The molecule has 0 saturated carbocycles. The molecule has 1 saturated heterocycles. The van der Waals surface area contributed by atoms with Crippen molar-refractivity contribution in [2.24, 2.45) is 0 Å². The molecule has 1 fully saturated rings. The second-order valence-electron chi connectivity index (χ2n) is 4.47. The van der Waals surface area contributed by atoms with Crippen LogP contribution in [0.15, 0.2) is 18.6 Å². The average Bonchev–Trinajstić information content (AvgIpc) is 2.40. The van der Waals surface area contributed by atoms with Crippen LogP contribution in [0.25, 0.3) is 0 Å². The molecule has 1 aromatic heterocycles. The van der Waals surface area contributed by atoms with Crippen LogP contribution >= 0.6 is 0 Å². The number of piperidine rings is 1. The monoisotopic (exact) mass is 236 g/mol. The minimum Gasteiger partial charge on any atom is -0.395 e. The molecule has 0 radical (unpaired) electrons. The Morgan fingerprint density at radius 1 is 1.47 bits per heavy atom. The summed E-state index contributed by atoms with van der Waals surface area (Å²) in [4.78, 5) is 12.7. The zero-order valence-electron chi connectivity index (χ0n) is 10.3. The number of rotatable bonds is 4. The van der Waals surface area contributed by atoms with Crippen LogP contribution in [0, 0.1) is 0 Å². The highest BCUT2D eigenvalue weighted by Crippen LogP contribution is 2.19. The fourth-order valence-electron chi connectivity index (χ4n) is 2.35. The third-order valence-corrected chi connectivity index (χ3v) is 3.45. The minimum atomic E-state index is 0.256. The Bertz CT molecular complexity index is 325. The number of anilines is 1. The highest BCUT2D eigenvalue weighted by Gasteiger charge is 2.22. The molecule has 17 heavy (non-hydrogen) atoms. The van der Waals surface area contributed by atoms with E-state index in [9.17, 15) is 0 Å². The Balaban J connectivity index is 1.88. The van der Waals surface area contributed by atoms with E-state index in [4.69, 9.17) is 5.11 Å². The van der Waals surface area contributed by atoms with Gasteiger partial charge in [-0.3, -0.25) is 0 Å². The van der Waals surface area contributed by atoms with Gasteiger partial charge in [0.15, 0.2) is 0 Å². The second-order valence-corrected chi connectivity index (χ2v) is 4.47. The molecule has 94 valence electrons. The standard InChI is InChI=1S/C12H20N4O/c1-15(12-2-5-13-10-14-12)11-3-6-16(7-4-11)8-9-17/h2,5,10-11,17H,3-4,6-9H2,1H3. The maximum atomic E-state index is 8.90. The third-order valence-electron chi connectivity index (χ3n) is 3.45. The van der Waals surface area contributed by atoms with E-state index in [0.29, 0.717) is 6.04 Å². The second kappa shape index (κ2) is 5.93. The minimum absolute atomic E-state index is 0.256. The molecule has 1 aromatic rings. The van der Waals surface area contributed by atoms with Crippen LogP contribution in [-0.2, 0) is 0 Å². The van der Waals surface area contributed by atoms with Crippen LogP contribution in [0.4, 0.5) is 5.82 Å². The van der Waals surface area contributed by atoms with E-state index in [2.05, 4.69) is 26.8 Å². The summed E-state index contributed by atoms with van der Waals surface area (Å²) in [7, 11) is 2.09. The van der Waals surface area contributed by atoms with Crippen LogP contribution < -0.4 is 4.90 Å². The van der Waals surface area contributed by atoms with E-state index in [1.165, 1.54) is 0 Å². The largest absolute Gasteiger partial charge is 0.395 e. The zero-order valence-corrected chi connectivity index (χ0v) is 10.3. The zero-order chi connectivity index (χ0) is 12.1. The normalized spacial score (nSPS) is 18.2. The molecule has 2 heterocycles. The smallest absolute Gasteiger partial charge is 0.131 e. The van der Waals surface area contributed by atoms with E-state index in [0.717, 1.165) is 38.3 Å². The fourth-order valence-corrected chi connectivity index (χ4v) is 2.35. The molecule has 0 amide bonds. The average molecular weight is 236 g/mol. The van der Waals surface area contributed by atoms with Crippen LogP contribution in [0.5, 0.6) is 0 Å². The summed E-state index contributed by atoms with van der Waals surface area (Å²) < 4.78 is 0. The van der Waals surface area contributed by atoms with Crippen LogP contribution in [0.3, 0.4) is 0 Å². The lowest BCUT2D eigenvalue weighted by atomic mass is 10.0. The van der Waals surface area contributed by atoms with E-state index >= 15 is 0 Å². The van der Waals surface area contributed by atoms with Gasteiger partial charge < -0.3 is 14.9 Å². The molecule has 2 rings (SSSR count). The van der Waals surface area contributed by atoms with Gasteiger partial charge in [-0.05, 0) is 18.9 Å². The summed E-state index contributed by atoms with van der Waals surface area (Å²) in [5.41, 5.74) is 0. The van der Waals surface area contributed by atoms with E-state index < -0.39 is 0 Å². The van der Waals surface area contributed by atoms with E-state index in [1.54, 1.807) is 12.5 Å². The molecule has 5 nitrogen and oxygen atoms in total. The number of hydrogen-bond acceptors (Lipinski definition) is 5. The molecule has 1 aliphatic rings. The van der Waals surface area contributed by atoms with Gasteiger partial charge in [0.25, 0.3) is 0 Å². The number of nitrogens with zero attached hydrogens (tertiary/aromatic N) is 4. The number of aliphatic hydroxyl groups excluding tert-OH is 1. The van der Waals surface area contributed by atoms with Crippen LogP contribution in [0.2, 0.25) is 0 Å². The fraction of sp³-hybridized carbons (Fsp3) is 0.667. The van der Waals surface area contributed by atoms with Crippen molar-refractivity contribution in [3.8, 4) is 0 Å². The van der Waals surface area contributed by atoms with Crippen molar-refractivity contribution in [3.05, 3.63) is 18.6 Å². The molecule has 0 atom stereocenters. The van der Waals surface area contributed by atoms with Gasteiger partial charge >= 0.3 is 0 Å². The quantitative estimate of drug-likeness (QED) is 0.818. The van der Waals surface area contributed by atoms with E-state index in [1.807, 2.05) is 6.07 Å². The maximum absolute atomic E-state index is 8.90. The number of likely N-dealkylation sites (tertiary alicyclic amines) is 1. The molecule has 0 aromatic carbocycles. The van der Waals surface area contributed by atoms with Crippen molar-refractivity contribution >= 4 is 5.82 Å². The van der Waals surface area contributed by atoms with Gasteiger partial charge in [0.1, 0.15) is 12.1 Å². The Morgan fingerprint density at radius 3 is 2.82 bits per heavy atom. The first-order valence-corrected chi connectivity index (χ1v) is 6.13. The highest BCUT2D eigenvalue weighted by atomic mass is 16.3. The van der Waals surface area contributed by atoms with Crippen molar-refractivity contribution in [2.75, 3.05) is 38.2 Å². The summed E-state index contributed by atoms with van der Waals surface area (Å²) in [5.74, 6) is 0.987. The molecule has 5 heteroatoms. The topological polar surface area (TPSA) is 52.5 Å². The predicted octanol–water partition coefficient (Wildman–Crippen LogP) is 0.369. The first-order chi connectivity index (χ1) is 8.31. The molecule has 1 N–H and O–H groups in total. The summed E-state index contributed by atoms with van der Waals surface area (Å²) in [6.45, 7) is 3.16. The molecule has 0 spiro atoms. The molecule has 1 aliphatic heterocycles. The number of aromatic nitrogens is 2. The van der Waals surface area contributed by atoms with Gasteiger partial charge in [0.2, 0.25) is 0 Å². The van der Waals surface area contributed by atoms with Gasteiger partial charge in [-0.25, -0.2) is 9.97 Å². The Kier molecular flexibility index (Phi) is 4.28. The summed E-state index contributed by atoms with van der Waals surface area (Å²) in [6, 6.07) is 2.49. The lowest BCUT2D eigenvalue weighted by molar-refractivity contribution is 0.164. The third kappa shape index (κ3) is 3.14. The molecule has 0 aliphatic carbocycles. The first-order valence-electron chi connectivity index (χ1n) is 6.13. The van der Waals surface area contributed by atoms with Gasteiger partial charge in [0.05, 0.1) is 6.61 Å². The lowest BCUT2D eigenvalue weighted by Crippen LogP contribution is -2.44. The lowest BCUT2D eigenvalue weighted by Gasteiger charge is -2.36. The van der Waals surface area contributed by atoms with E-state index in [-0.39, 0.29) is 6.61 Å². The SMILES string of the molecule is CN(c1ccncn1)C1CCN(CCO)CC1. The maximum Gasteiger partial charge on any atom is 0.131 e. The molecule has 0 unspecified atom stereocenters. The van der Waals surface area contributed by atoms with Crippen LogP contribution in [-0.4, -0.2) is 59.3 Å². The molecule has 0 bridgehead atoms. The highest BCUT2D eigenvalue weighted by molar-refractivity contribution is 5.36. The summed E-state index contributed by atoms with van der Waals surface area (Å²) in [5, 5.41) is 8.90. The van der Waals surface area contributed by atoms with Crippen molar-refractivity contribution < 1.29 is 5.11 Å². The van der Waals surface area contributed by atoms with Crippen LogP contribution in [0.1, 0.15) is 12.8 Å². The number of hydrogen-bond donors (Lipinski definition) is 1. The summed E-state index contributed by atoms with van der Waals surface area (Å²) >= 11 is 0. The van der Waals surface area contributed by atoms with Gasteiger partial charge in [-0.1, -0.05) is 0 Å².